The Morgan fingerprint density at radius 1 is 1.26 bits per heavy atom. The minimum atomic E-state index is -0.244. The third kappa shape index (κ3) is 3.72. The maximum Gasteiger partial charge on any atom is 0.277 e. The van der Waals surface area contributed by atoms with E-state index in [0.717, 1.165) is 30.4 Å². The molecule has 0 spiro atoms. The number of aryl methyl sites for hydroxylation is 2. The van der Waals surface area contributed by atoms with Crippen LogP contribution in [0.15, 0.2) is 28.9 Å². The summed E-state index contributed by atoms with van der Waals surface area (Å²) in [6.45, 7) is 9.54. The van der Waals surface area contributed by atoms with Gasteiger partial charge in [-0.1, -0.05) is 0 Å². The molecule has 2 aromatic rings. The Morgan fingerprint density at radius 3 is 2.78 bits per heavy atom. The zero-order valence-electron chi connectivity index (χ0n) is 16.4. The van der Waals surface area contributed by atoms with Gasteiger partial charge in [0, 0.05) is 43.5 Å². The van der Waals surface area contributed by atoms with Crippen LogP contribution in [0.5, 0.6) is 0 Å². The normalized spacial score (nSPS) is 23.1. The molecule has 4 rings (SSSR count). The first-order chi connectivity index (χ1) is 13.0. The van der Waals surface area contributed by atoms with Crippen molar-refractivity contribution >= 4 is 17.3 Å². The van der Waals surface area contributed by atoms with Crippen LogP contribution in [0, 0.1) is 13.8 Å². The van der Waals surface area contributed by atoms with Gasteiger partial charge in [-0.15, -0.1) is 0 Å². The van der Waals surface area contributed by atoms with Crippen molar-refractivity contribution in [2.45, 2.75) is 52.1 Å². The van der Waals surface area contributed by atoms with Crippen molar-refractivity contribution in [1.82, 2.24) is 9.88 Å². The topological polar surface area (TPSA) is 61.6 Å². The highest BCUT2D eigenvalue weighted by atomic mass is 16.3. The zero-order valence-corrected chi connectivity index (χ0v) is 16.4. The molecule has 2 fully saturated rings. The summed E-state index contributed by atoms with van der Waals surface area (Å²) < 4.78 is 5.12. The predicted molar refractivity (Wildman–Crippen MR) is 106 cm³/mol. The van der Waals surface area contributed by atoms with E-state index < -0.39 is 0 Å². The Bertz CT molecular complexity index is 831. The highest BCUT2D eigenvalue weighted by molar-refractivity contribution is 6.03. The van der Waals surface area contributed by atoms with Crippen LogP contribution in [0.25, 0.3) is 0 Å². The lowest BCUT2D eigenvalue weighted by Gasteiger charge is -2.28. The van der Waals surface area contributed by atoms with Crippen LogP contribution in [0.2, 0.25) is 0 Å². The molecule has 1 aromatic heterocycles. The summed E-state index contributed by atoms with van der Waals surface area (Å²) in [4.78, 5) is 21.5. The van der Waals surface area contributed by atoms with Crippen LogP contribution in [0.1, 0.15) is 48.1 Å². The smallest absolute Gasteiger partial charge is 0.277 e. The number of anilines is 2. The average Bonchev–Trinajstić information content (AvgIpc) is 3.37. The van der Waals surface area contributed by atoms with Crippen molar-refractivity contribution in [1.29, 1.82) is 0 Å². The summed E-state index contributed by atoms with van der Waals surface area (Å²) in [5.41, 5.74) is 3.41. The average molecular weight is 368 g/mol. The summed E-state index contributed by atoms with van der Waals surface area (Å²) in [6.07, 6.45) is 5.27. The number of likely N-dealkylation sites (tertiary alicyclic amines) is 1. The van der Waals surface area contributed by atoms with Gasteiger partial charge in [0.1, 0.15) is 6.26 Å². The van der Waals surface area contributed by atoms with Crippen LogP contribution < -0.4 is 10.2 Å². The van der Waals surface area contributed by atoms with E-state index in [9.17, 15) is 4.79 Å². The first-order valence-corrected chi connectivity index (χ1v) is 9.86. The van der Waals surface area contributed by atoms with E-state index in [4.69, 9.17) is 4.42 Å². The SMILES string of the molecule is Cc1nc(C(=O)Nc2ccc(N3CC[C@H](N4CCC[C@@H]4C)C3)cc2C)co1. The maximum atomic E-state index is 12.3. The molecule has 0 aliphatic carbocycles. The number of nitrogens with one attached hydrogen (secondary N) is 1. The van der Waals surface area contributed by atoms with Crippen molar-refractivity contribution in [3.63, 3.8) is 0 Å². The van der Waals surface area contributed by atoms with Crippen molar-refractivity contribution in [3.8, 4) is 0 Å². The number of hydrogen-bond acceptors (Lipinski definition) is 5. The first-order valence-electron chi connectivity index (χ1n) is 9.86. The van der Waals surface area contributed by atoms with Crippen LogP contribution in [0.3, 0.4) is 0 Å². The highest BCUT2D eigenvalue weighted by Gasteiger charge is 2.33. The number of carbonyl (C=O) groups is 1. The van der Waals surface area contributed by atoms with E-state index in [1.807, 2.05) is 13.0 Å². The zero-order chi connectivity index (χ0) is 19.0. The lowest BCUT2D eigenvalue weighted by atomic mass is 10.1. The Hall–Kier alpha value is -2.34. The van der Waals surface area contributed by atoms with Gasteiger partial charge in [-0.3, -0.25) is 9.69 Å². The number of oxazole rings is 1. The minimum absolute atomic E-state index is 0.244. The number of rotatable bonds is 4. The maximum absolute atomic E-state index is 12.3. The van der Waals surface area contributed by atoms with Gasteiger partial charge in [0.25, 0.3) is 5.91 Å². The molecule has 1 aromatic carbocycles. The molecular formula is C21H28N4O2. The number of nitrogens with zero attached hydrogens (tertiary/aromatic N) is 3. The molecule has 1 N–H and O–H groups in total. The number of carbonyl (C=O) groups excluding carboxylic acids is 1. The number of benzene rings is 1. The van der Waals surface area contributed by atoms with Gasteiger partial charge in [0.2, 0.25) is 0 Å². The van der Waals surface area contributed by atoms with E-state index in [-0.39, 0.29) is 5.91 Å². The van der Waals surface area contributed by atoms with Crippen LogP contribution in [0.4, 0.5) is 11.4 Å². The Labute approximate surface area is 160 Å². The molecule has 6 heteroatoms. The number of amides is 1. The fourth-order valence-corrected chi connectivity index (χ4v) is 4.38. The molecule has 1 amide bonds. The van der Waals surface area contributed by atoms with Crippen LogP contribution in [-0.4, -0.2) is 47.5 Å². The Kier molecular flexibility index (Phi) is 4.91. The van der Waals surface area contributed by atoms with E-state index in [1.54, 1.807) is 6.92 Å². The van der Waals surface area contributed by atoms with E-state index >= 15 is 0 Å². The second kappa shape index (κ2) is 7.35. The summed E-state index contributed by atoms with van der Waals surface area (Å²) in [7, 11) is 0. The Morgan fingerprint density at radius 2 is 2.11 bits per heavy atom. The lowest BCUT2D eigenvalue weighted by Crippen LogP contribution is -2.39. The van der Waals surface area contributed by atoms with Gasteiger partial charge in [0.15, 0.2) is 11.6 Å². The molecule has 0 radical (unpaired) electrons. The standard InChI is InChI=1S/C21H28N4O2/c1-14-11-17(24-10-8-18(12-24)25-9-4-5-15(25)2)6-7-19(14)23-21(26)20-13-27-16(3)22-20/h6-7,11,13,15,18H,4-5,8-10,12H2,1-3H3,(H,23,26)/t15-,18-/m0/s1. The molecule has 6 nitrogen and oxygen atoms in total. The van der Waals surface area contributed by atoms with Gasteiger partial charge in [0.05, 0.1) is 0 Å². The van der Waals surface area contributed by atoms with Gasteiger partial charge < -0.3 is 14.6 Å². The molecule has 2 saturated heterocycles. The van der Waals surface area contributed by atoms with Crippen molar-refractivity contribution in [2.75, 3.05) is 29.9 Å². The second-order valence-electron chi connectivity index (χ2n) is 7.82. The largest absolute Gasteiger partial charge is 0.448 e. The molecule has 0 saturated carbocycles. The monoisotopic (exact) mass is 368 g/mol. The van der Waals surface area contributed by atoms with Crippen molar-refractivity contribution in [2.24, 2.45) is 0 Å². The molecular weight excluding hydrogens is 340 g/mol. The third-order valence-corrected chi connectivity index (χ3v) is 5.91. The first kappa shape index (κ1) is 18.0. The Balaban J connectivity index is 1.42. The van der Waals surface area contributed by atoms with Crippen LogP contribution in [-0.2, 0) is 0 Å². The van der Waals surface area contributed by atoms with Crippen molar-refractivity contribution < 1.29 is 9.21 Å². The number of hydrogen-bond donors (Lipinski definition) is 1. The second-order valence-corrected chi connectivity index (χ2v) is 7.82. The number of aromatic nitrogens is 1. The molecule has 3 heterocycles. The molecule has 2 aliphatic heterocycles. The quantitative estimate of drug-likeness (QED) is 0.893. The molecule has 0 bridgehead atoms. The molecule has 2 atom stereocenters. The van der Waals surface area contributed by atoms with Gasteiger partial charge >= 0.3 is 0 Å². The third-order valence-electron chi connectivity index (χ3n) is 5.91. The van der Waals surface area contributed by atoms with Gasteiger partial charge in [-0.05, 0) is 63.4 Å². The van der Waals surface area contributed by atoms with E-state index in [2.05, 4.69) is 39.2 Å². The molecule has 27 heavy (non-hydrogen) atoms. The summed E-state index contributed by atoms with van der Waals surface area (Å²) in [5.74, 6) is 0.245. The summed E-state index contributed by atoms with van der Waals surface area (Å²) in [6, 6.07) is 7.64. The molecule has 144 valence electrons. The van der Waals surface area contributed by atoms with E-state index in [1.165, 1.54) is 37.8 Å². The fraction of sp³-hybridized carbons (Fsp3) is 0.524. The highest BCUT2D eigenvalue weighted by Crippen LogP contribution is 2.30. The van der Waals surface area contributed by atoms with Gasteiger partial charge in [-0.2, -0.15) is 0 Å². The van der Waals surface area contributed by atoms with Crippen LogP contribution >= 0.6 is 0 Å². The summed E-state index contributed by atoms with van der Waals surface area (Å²) in [5, 5.41) is 2.93. The van der Waals surface area contributed by atoms with E-state index in [0.29, 0.717) is 17.6 Å². The lowest BCUT2D eigenvalue weighted by molar-refractivity contribution is 0.102. The molecule has 0 unspecified atom stereocenters. The predicted octanol–water partition coefficient (Wildman–Crippen LogP) is 3.61. The minimum Gasteiger partial charge on any atom is -0.448 e. The fourth-order valence-electron chi connectivity index (χ4n) is 4.38. The molecule has 2 aliphatic rings. The summed E-state index contributed by atoms with van der Waals surface area (Å²) >= 11 is 0. The van der Waals surface area contributed by atoms with Crippen molar-refractivity contribution in [3.05, 3.63) is 41.6 Å². The van der Waals surface area contributed by atoms with Gasteiger partial charge in [-0.25, -0.2) is 4.98 Å².